The van der Waals surface area contributed by atoms with Crippen molar-refractivity contribution in [3.63, 3.8) is 0 Å². The Bertz CT molecular complexity index is 881. The minimum absolute atomic E-state index is 0.278. The first kappa shape index (κ1) is 19.4. The molecular formula is C21H22N2O5. The summed E-state index contributed by atoms with van der Waals surface area (Å²) in [5, 5.41) is 2.48. The molecule has 146 valence electrons. The highest BCUT2D eigenvalue weighted by Gasteiger charge is 2.23. The van der Waals surface area contributed by atoms with E-state index in [4.69, 9.17) is 9.47 Å². The maximum atomic E-state index is 12.4. The van der Waals surface area contributed by atoms with E-state index >= 15 is 0 Å². The minimum Gasteiger partial charge on any atom is -0.497 e. The van der Waals surface area contributed by atoms with Gasteiger partial charge in [0.2, 0.25) is 0 Å². The molecule has 2 amide bonds. The summed E-state index contributed by atoms with van der Waals surface area (Å²) in [5.41, 5.74) is 2.34. The molecule has 1 aliphatic heterocycles. The third-order valence-corrected chi connectivity index (χ3v) is 4.49. The second-order valence-electron chi connectivity index (χ2n) is 6.35. The molecule has 0 saturated heterocycles. The summed E-state index contributed by atoms with van der Waals surface area (Å²) in [4.78, 5) is 38.1. The predicted molar refractivity (Wildman–Crippen MR) is 103 cm³/mol. The first-order valence-electron chi connectivity index (χ1n) is 9.04. The van der Waals surface area contributed by atoms with Crippen molar-refractivity contribution < 1.29 is 23.9 Å². The van der Waals surface area contributed by atoms with Crippen molar-refractivity contribution in [2.75, 3.05) is 31.7 Å². The largest absolute Gasteiger partial charge is 0.497 e. The van der Waals surface area contributed by atoms with Crippen LogP contribution in [0.3, 0.4) is 0 Å². The molecule has 3 rings (SSSR count). The molecule has 0 atom stereocenters. The number of aryl methyl sites for hydroxylation is 1. The van der Waals surface area contributed by atoms with E-state index in [1.54, 1.807) is 29.2 Å². The SMILES string of the molecule is COc1cccc(C(=O)NCC(=O)OCC(=O)N2CCCc3ccccc32)c1. The van der Waals surface area contributed by atoms with Crippen molar-refractivity contribution >= 4 is 23.5 Å². The Labute approximate surface area is 163 Å². The van der Waals surface area contributed by atoms with Crippen LogP contribution in [0.15, 0.2) is 48.5 Å². The third kappa shape index (κ3) is 4.68. The molecule has 2 aromatic rings. The summed E-state index contributed by atoms with van der Waals surface area (Å²) in [6, 6.07) is 14.3. The number of nitrogens with zero attached hydrogens (tertiary/aromatic N) is 1. The number of amides is 2. The molecule has 2 aromatic carbocycles. The zero-order chi connectivity index (χ0) is 19.9. The van der Waals surface area contributed by atoms with Gasteiger partial charge in [-0.15, -0.1) is 0 Å². The Kier molecular flexibility index (Phi) is 6.26. The van der Waals surface area contributed by atoms with Gasteiger partial charge in [-0.05, 0) is 42.7 Å². The molecule has 7 nitrogen and oxygen atoms in total. The van der Waals surface area contributed by atoms with E-state index in [0.29, 0.717) is 17.9 Å². The summed E-state index contributed by atoms with van der Waals surface area (Å²) < 4.78 is 10.1. The number of fused-ring (bicyclic) bond motifs is 1. The molecule has 1 N–H and O–H groups in total. The molecule has 28 heavy (non-hydrogen) atoms. The highest BCUT2D eigenvalue weighted by atomic mass is 16.5. The van der Waals surface area contributed by atoms with E-state index in [1.807, 2.05) is 24.3 Å². The van der Waals surface area contributed by atoms with Gasteiger partial charge in [-0.2, -0.15) is 0 Å². The number of hydrogen-bond acceptors (Lipinski definition) is 5. The van der Waals surface area contributed by atoms with Gasteiger partial charge in [-0.25, -0.2) is 0 Å². The van der Waals surface area contributed by atoms with Crippen molar-refractivity contribution in [3.8, 4) is 5.75 Å². The van der Waals surface area contributed by atoms with Crippen molar-refractivity contribution in [1.82, 2.24) is 5.32 Å². The van der Waals surface area contributed by atoms with E-state index in [1.165, 1.54) is 7.11 Å². The maximum absolute atomic E-state index is 12.4. The molecule has 0 bridgehead atoms. The van der Waals surface area contributed by atoms with E-state index in [2.05, 4.69) is 5.32 Å². The zero-order valence-electron chi connectivity index (χ0n) is 15.6. The van der Waals surface area contributed by atoms with E-state index in [9.17, 15) is 14.4 Å². The topological polar surface area (TPSA) is 84.9 Å². The second-order valence-corrected chi connectivity index (χ2v) is 6.35. The van der Waals surface area contributed by atoms with Gasteiger partial charge in [-0.1, -0.05) is 24.3 Å². The number of benzene rings is 2. The molecule has 1 aliphatic rings. The van der Waals surface area contributed by atoms with Crippen LogP contribution in [0.25, 0.3) is 0 Å². The average molecular weight is 382 g/mol. The monoisotopic (exact) mass is 382 g/mol. The van der Waals surface area contributed by atoms with Crippen LogP contribution in [-0.4, -0.2) is 44.6 Å². The van der Waals surface area contributed by atoms with Crippen LogP contribution in [0.5, 0.6) is 5.75 Å². The molecule has 0 spiro atoms. The van der Waals surface area contributed by atoms with E-state index in [0.717, 1.165) is 24.1 Å². The Morgan fingerprint density at radius 1 is 1.11 bits per heavy atom. The van der Waals surface area contributed by atoms with Gasteiger partial charge in [0.15, 0.2) is 6.61 Å². The van der Waals surface area contributed by atoms with Crippen LogP contribution in [0.2, 0.25) is 0 Å². The summed E-state index contributed by atoms with van der Waals surface area (Å²) in [6.07, 6.45) is 1.79. The number of esters is 1. The van der Waals surface area contributed by atoms with Gasteiger partial charge >= 0.3 is 5.97 Å². The van der Waals surface area contributed by atoms with Gasteiger partial charge in [-0.3, -0.25) is 14.4 Å². The second kappa shape index (κ2) is 9.03. The summed E-state index contributed by atoms with van der Waals surface area (Å²) in [5.74, 6) is -0.829. The fourth-order valence-electron chi connectivity index (χ4n) is 3.08. The number of rotatable bonds is 6. The molecule has 7 heteroatoms. The Morgan fingerprint density at radius 2 is 1.93 bits per heavy atom. The number of para-hydroxylation sites is 1. The van der Waals surface area contributed by atoms with Crippen LogP contribution in [-0.2, 0) is 20.7 Å². The van der Waals surface area contributed by atoms with Crippen LogP contribution in [0.1, 0.15) is 22.3 Å². The molecule has 0 radical (unpaired) electrons. The van der Waals surface area contributed by atoms with Gasteiger partial charge in [0.05, 0.1) is 7.11 Å². The fraction of sp³-hybridized carbons (Fsp3) is 0.286. The lowest BCUT2D eigenvalue weighted by atomic mass is 10.0. The Hall–Kier alpha value is -3.35. The van der Waals surface area contributed by atoms with Crippen molar-refractivity contribution in [3.05, 3.63) is 59.7 Å². The predicted octanol–water partition coefficient (Wildman–Crippen LogP) is 1.95. The number of hydrogen-bond donors (Lipinski definition) is 1. The molecule has 1 heterocycles. The maximum Gasteiger partial charge on any atom is 0.325 e. The molecule has 0 fully saturated rings. The van der Waals surface area contributed by atoms with Gasteiger partial charge in [0.1, 0.15) is 12.3 Å². The van der Waals surface area contributed by atoms with Crippen LogP contribution >= 0.6 is 0 Å². The number of ether oxygens (including phenoxy) is 2. The summed E-state index contributed by atoms with van der Waals surface area (Å²) >= 11 is 0. The number of nitrogens with one attached hydrogen (secondary N) is 1. The molecule has 0 aromatic heterocycles. The molecule has 0 unspecified atom stereocenters. The van der Waals surface area contributed by atoms with Crippen molar-refractivity contribution in [2.45, 2.75) is 12.8 Å². The van der Waals surface area contributed by atoms with Gasteiger partial charge in [0.25, 0.3) is 11.8 Å². The molecular weight excluding hydrogens is 360 g/mol. The average Bonchev–Trinajstić information content (AvgIpc) is 2.75. The van der Waals surface area contributed by atoms with Crippen LogP contribution < -0.4 is 15.0 Å². The first-order valence-corrected chi connectivity index (χ1v) is 9.04. The van der Waals surface area contributed by atoms with E-state index < -0.39 is 11.9 Å². The number of methoxy groups -OCH3 is 1. The van der Waals surface area contributed by atoms with Gasteiger partial charge < -0.3 is 19.7 Å². The number of anilines is 1. The standard InChI is InChI=1S/C21H22N2O5/c1-27-17-9-4-7-16(12-17)21(26)22-13-20(25)28-14-19(24)23-11-5-8-15-6-2-3-10-18(15)23/h2-4,6-7,9-10,12H,5,8,11,13-14H2,1H3,(H,22,26). The quantitative estimate of drug-likeness (QED) is 0.772. The zero-order valence-corrected chi connectivity index (χ0v) is 15.6. The minimum atomic E-state index is -0.671. The highest BCUT2D eigenvalue weighted by molar-refractivity contribution is 5.98. The van der Waals surface area contributed by atoms with Crippen molar-refractivity contribution in [2.24, 2.45) is 0 Å². The fourth-order valence-corrected chi connectivity index (χ4v) is 3.08. The summed E-state index contributed by atoms with van der Waals surface area (Å²) in [7, 11) is 1.51. The lowest BCUT2D eigenvalue weighted by Gasteiger charge is -2.29. The van der Waals surface area contributed by atoms with Gasteiger partial charge in [0, 0.05) is 17.8 Å². The Balaban J connectivity index is 1.48. The first-order chi connectivity index (χ1) is 13.6. The van der Waals surface area contributed by atoms with Crippen LogP contribution in [0.4, 0.5) is 5.69 Å². The third-order valence-electron chi connectivity index (χ3n) is 4.49. The normalized spacial score (nSPS) is 12.7. The molecule has 0 aliphatic carbocycles. The van der Waals surface area contributed by atoms with Crippen molar-refractivity contribution in [1.29, 1.82) is 0 Å². The lowest BCUT2D eigenvalue weighted by molar-refractivity contribution is -0.146. The molecule has 0 saturated carbocycles. The number of carbonyl (C=O) groups is 3. The van der Waals surface area contributed by atoms with E-state index in [-0.39, 0.29) is 19.1 Å². The lowest BCUT2D eigenvalue weighted by Crippen LogP contribution is -2.39. The number of carbonyl (C=O) groups excluding carboxylic acids is 3. The smallest absolute Gasteiger partial charge is 0.325 e. The van der Waals surface area contributed by atoms with Crippen LogP contribution in [0, 0.1) is 0 Å². The summed E-state index contributed by atoms with van der Waals surface area (Å²) in [6.45, 7) is -0.0813. The highest BCUT2D eigenvalue weighted by Crippen LogP contribution is 2.26. The Morgan fingerprint density at radius 3 is 2.75 bits per heavy atom.